The van der Waals surface area contributed by atoms with Gasteiger partial charge in [0.05, 0.1) is 11.0 Å². The number of hydrogen-bond donors (Lipinski definition) is 1. The number of para-hydroxylation sites is 2. The van der Waals surface area contributed by atoms with Crippen LogP contribution in [0.4, 0.5) is 11.6 Å². The highest BCUT2D eigenvalue weighted by Gasteiger charge is 2.24. The molecule has 0 spiro atoms. The molecule has 2 N–H and O–H groups in total. The molecule has 0 unspecified atom stereocenters. The Morgan fingerprint density at radius 3 is 2.30 bits per heavy atom. The van der Waals surface area contributed by atoms with Crippen molar-refractivity contribution in [1.82, 2.24) is 9.97 Å². The maximum absolute atomic E-state index is 6.11. The molecular weight excluding hydrogens is 248 g/mol. The number of nitrogens with zero attached hydrogens (tertiary/aromatic N) is 3. The molecule has 1 fully saturated rings. The summed E-state index contributed by atoms with van der Waals surface area (Å²) in [5, 5.41) is 0. The van der Waals surface area contributed by atoms with Crippen LogP contribution < -0.4 is 10.6 Å². The molecule has 0 aliphatic heterocycles. The first kappa shape index (κ1) is 13.2. The number of aromatic nitrogens is 2. The third-order valence-electron chi connectivity index (χ3n) is 4.45. The standard InChI is InChI=1S/C16H22N4/c1-11-7-9-12(10-8-11)20(2)16-15(17)18-13-5-3-4-6-14(13)19-16/h3-6,11-12H,7-10H2,1-2H3,(H2,17,18). The second-order valence-electron chi connectivity index (χ2n) is 5.95. The highest BCUT2D eigenvalue weighted by molar-refractivity contribution is 5.79. The van der Waals surface area contributed by atoms with Crippen LogP contribution in [0, 0.1) is 5.92 Å². The predicted octanol–water partition coefficient (Wildman–Crippen LogP) is 3.23. The zero-order valence-corrected chi connectivity index (χ0v) is 12.2. The second-order valence-corrected chi connectivity index (χ2v) is 5.95. The molecule has 4 nitrogen and oxygen atoms in total. The minimum atomic E-state index is 0.531. The van der Waals surface area contributed by atoms with Gasteiger partial charge < -0.3 is 10.6 Å². The van der Waals surface area contributed by atoms with E-state index in [9.17, 15) is 0 Å². The summed E-state index contributed by atoms with van der Waals surface area (Å²) in [6.45, 7) is 2.33. The molecule has 1 heterocycles. The Kier molecular flexibility index (Phi) is 3.47. The summed E-state index contributed by atoms with van der Waals surface area (Å²) in [5.41, 5.74) is 7.88. The zero-order chi connectivity index (χ0) is 14.1. The number of nitrogens with two attached hydrogens (primary N) is 1. The van der Waals surface area contributed by atoms with Gasteiger partial charge in [-0.05, 0) is 43.7 Å². The van der Waals surface area contributed by atoms with E-state index in [1.807, 2.05) is 24.3 Å². The Hall–Kier alpha value is -1.84. The Morgan fingerprint density at radius 1 is 1.05 bits per heavy atom. The molecular formula is C16H22N4. The van der Waals surface area contributed by atoms with E-state index in [0.717, 1.165) is 22.8 Å². The number of nitrogen functional groups attached to an aromatic ring is 1. The van der Waals surface area contributed by atoms with Crippen molar-refractivity contribution in [1.29, 1.82) is 0 Å². The fraction of sp³-hybridized carbons (Fsp3) is 0.500. The Labute approximate surface area is 120 Å². The lowest BCUT2D eigenvalue weighted by molar-refractivity contribution is 0.340. The highest BCUT2D eigenvalue weighted by Crippen LogP contribution is 2.31. The van der Waals surface area contributed by atoms with Gasteiger partial charge in [0.1, 0.15) is 0 Å². The maximum atomic E-state index is 6.11. The molecule has 0 atom stereocenters. The average Bonchev–Trinajstić information content (AvgIpc) is 2.46. The van der Waals surface area contributed by atoms with Crippen LogP contribution in [0.1, 0.15) is 32.6 Å². The lowest BCUT2D eigenvalue weighted by Crippen LogP contribution is -2.36. The van der Waals surface area contributed by atoms with Crippen LogP contribution in [-0.4, -0.2) is 23.1 Å². The fourth-order valence-corrected chi connectivity index (χ4v) is 3.07. The van der Waals surface area contributed by atoms with Gasteiger partial charge in [0.15, 0.2) is 11.6 Å². The van der Waals surface area contributed by atoms with Crippen molar-refractivity contribution in [3.8, 4) is 0 Å². The predicted molar refractivity (Wildman–Crippen MR) is 83.8 cm³/mol. The minimum absolute atomic E-state index is 0.531. The molecule has 1 saturated carbocycles. The Bertz CT molecular complexity index is 602. The Balaban J connectivity index is 1.90. The topological polar surface area (TPSA) is 55.0 Å². The molecule has 1 aromatic heterocycles. The maximum Gasteiger partial charge on any atom is 0.172 e. The van der Waals surface area contributed by atoms with E-state index in [1.54, 1.807) is 0 Å². The molecule has 1 aliphatic carbocycles. The smallest absolute Gasteiger partial charge is 0.172 e. The second kappa shape index (κ2) is 5.27. The molecule has 3 rings (SSSR count). The molecule has 0 bridgehead atoms. The van der Waals surface area contributed by atoms with Gasteiger partial charge in [-0.3, -0.25) is 0 Å². The SMILES string of the molecule is CC1CCC(N(C)c2nc3ccccc3nc2N)CC1. The van der Waals surface area contributed by atoms with Gasteiger partial charge in [-0.15, -0.1) is 0 Å². The van der Waals surface area contributed by atoms with Crippen LogP contribution in [0.5, 0.6) is 0 Å². The van der Waals surface area contributed by atoms with Crippen LogP contribution in [-0.2, 0) is 0 Å². The summed E-state index contributed by atoms with van der Waals surface area (Å²) in [7, 11) is 2.09. The van der Waals surface area contributed by atoms with Crippen molar-refractivity contribution in [3.63, 3.8) is 0 Å². The van der Waals surface area contributed by atoms with Gasteiger partial charge >= 0.3 is 0 Å². The number of hydrogen-bond acceptors (Lipinski definition) is 4. The van der Waals surface area contributed by atoms with E-state index in [-0.39, 0.29) is 0 Å². The van der Waals surface area contributed by atoms with Gasteiger partial charge in [0.25, 0.3) is 0 Å². The Morgan fingerprint density at radius 2 is 1.65 bits per heavy atom. The molecule has 0 amide bonds. The van der Waals surface area contributed by atoms with Gasteiger partial charge in [0.2, 0.25) is 0 Å². The van der Waals surface area contributed by atoms with Gasteiger partial charge in [-0.25, -0.2) is 9.97 Å². The van der Waals surface area contributed by atoms with Crippen molar-refractivity contribution < 1.29 is 0 Å². The highest BCUT2D eigenvalue weighted by atomic mass is 15.2. The fourth-order valence-electron chi connectivity index (χ4n) is 3.07. The summed E-state index contributed by atoms with van der Waals surface area (Å²) in [6.07, 6.45) is 5.00. The van der Waals surface area contributed by atoms with Crippen molar-refractivity contribution >= 4 is 22.7 Å². The van der Waals surface area contributed by atoms with Gasteiger partial charge in [-0.1, -0.05) is 19.1 Å². The van der Waals surface area contributed by atoms with Gasteiger partial charge in [0, 0.05) is 13.1 Å². The zero-order valence-electron chi connectivity index (χ0n) is 12.2. The van der Waals surface area contributed by atoms with Crippen molar-refractivity contribution in [3.05, 3.63) is 24.3 Å². The molecule has 4 heteroatoms. The quantitative estimate of drug-likeness (QED) is 0.910. The molecule has 2 aromatic rings. The summed E-state index contributed by atoms with van der Waals surface area (Å²) in [4.78, 5) is 11.4. The van der Waals surface area contributed by atoms with Crippen molar-refractivity contribution in [2.45, 2.75) is 38.6 Å². The average molecular weight is 270 g/mol. The van der Waals surface area contributed by atoms with E-state index in [0.29, 0.717) is 11.9 Å². The van der Waals surface area contributed by atoms with Crippen LogP contribution in [0.25, 0.3) is 11.0 Å². The van der Waals surface area contributed by atoms with Crippen LogP contribution in [0.15, 0.2) is 24.3 Å². The lowest BCUT2D eigenvalue weighted by Gasteiger charge is -2.34. The van der Waals surface area contributed by atoms with Crippen LogP contribution in [0.2, 0.25) is 0 Å². The summed E-state index contributed by atoms with van der Waals surface area (Å²) < 4.78 is 0. The third kappa shape index (κ3) is 2.42. The van der Waals surface area contributed by atoms with Crippen molar-refractivity contribution in [2.75, 3.05) is 17.7 Å². The summed E-state index contributed by atoms with van der Waals surface area (Å²) >= 11 is 0. The molecule has 106 valence electrons. The first-order chi connectivity index (χ1) is 9.65. The number of fused-ring (bicyclic) bond motifs is 1. The molecule has 0 radical (unpaired) electrons. The van der Waals surface area contributed by atoms with Crippen molar-refractivity contribution in [2.24, 2.45) is 5.92 Å². The lowest BCUT2D eigenvalue weighted by atomic mass is 9.87. The van der Waals surface area contributed by atoms with E-state index in [1.165, 1.54) is 25.7 Å². The normalized spacial score (nSPS) is 22.9. The molecule has 1 aliphatic rings. The largest absolute Gasteiger partial charge is 0.381 e. The van der Waals surface area contributed by atoms with E-state index in [2.05, 4.69) is 23.9 Å². The number of benzene rings is 1. The number of anilines is 2. The molecule has 0 saturated heterocycles. The van der Waals surface area contributed by atoms with E-state index in [4.69, 9.17) is 10.7 Å². The first-order valence-electron chi connectivity index (χ1n) is 7.40. The molecule has 1 aromatic carbocycles. The summed E-state index contributed by atoms with van der Waals surface area (Å²) in [5.74, 6) is 2.20. The van der Waals surface area contributed by atoms with E-state index >= 15 is 0 Å². The van der Waals surface area contributed by atoms with E-state index < -0.39 is 0 Å². The minimum Gasteiger partial charge on any atom is -0.381 e. The van der Waals surface area contributed by atoms with Crippen LogP contribution >= 0.6 is 0 Å². The number of rotatable bonds is 2. The van der Waals surface area contributed by atoms with Gasteiger partial charge in [-0.2, -0.15) is 0 Å². The summed E-state index contributed by atoms with van der Waals surface area (Å²) in [6, 6.07) is 8.41. The van der Waals surface area contributed by atoms with Crippen LogP contribution in [0.3, 0.4) is 0 Å². The molecule has 20 heavy (non-hydrogen) atoms. The third-order valence-corrected chi connectivity index (χ3v) is 4.45. The monoisotopic (exact) mass is 270 g/mol. The first-order valence-corrected chi connectivity index (χ1v) is 7.40.